The number of hydrogen-bond donors (Lipinski definition) is 7. The van der Waals surface area contributed by atoms with Gasteiger partial charge in [-0.1, -0.05) is 23.7 Å². The molecule has 0 aliphatic rings. The maximum atomic E-state index is 11.8. The molecule has 204 valence electrons. The van der Waals surface area contributed by atoms with Gasteiger partial charge in [-0.3, -0.25) is 9.59 Å². The number of anilines is 4. The Morgan fingerprint density at radius 1 is 0.889 bits per heavy atom. The van der Waals surface area contributed by atoms with Crippen LogP contribution in [0.15, 0.2) is 42.5 Å². The molecule has 36 heavy (non-hydrogen) atoms. The molecular formula is C23H38Cl2N6O5. The molecular weight excluding hydrogens is 511 g/mol. The minimum atomic E-state index is -0.889. The van der Waals surface area contributed by atoms with Crippen molar-refractivity contribution < 1.29 is 24.2 Å². The number of carboxylic acids is 1. The fraction of sp³-hybridized carbons (Fsp3) is 0.391. The van der Waals surface area contributed by atoms with Gasteiger partial charge in [-0.25, -0.2) is 0 Å². The molecule has 0 radical (unpaired) electrons. The van der Waals surface area contributed by atoms with Gasteiger partial charge in [-0.15, -0.1) is 11.6 Å². The van der Waals surface area contributed by atoms with Crippen molar-refractivity contribution in [3.63, 3.8) is 0 Å². The van der Waals surface area contributed by atoms with Crippen molar-refractivity contribution in [2.24, 2.45) is 0 Å². The van der Waals surface area contributed by atoms with Crippen molar-refractivity contribution in [2.75, 3.05) is 70.4 Å². The topological polar surface area (TPSA) is 187 Å². The third kappa shape index (κ3) is 15.2. The predicted octanol–water partition coefficient (Wildman–Crippen LogP) is 2.11. The van der Waals surface area contributed by atoms with Crippen molar-refractivity contribution in [1.29, 1.82) is 0 Å². The third-order valence-electron chi connectivity index (χ3n) is 4.25. The monoisotopic (exact) mass is 548 g/mol. The summed E-state index contributed by atoms with van der Waals surface area (Å²) in [6.45, 7) is 0.515. The number of halogens is 2. The number of benzene rings is 2. The van der Waals surface area contributed by atoms with Gasteiger partial charge in [-0.05, 0) is 44.4 Å². The molecule has 0 saturated carbocycles. The number of likely N-dealkylation sites (N-methyl/N-ethyl adjacent to an activating group) is 2. The molecule has 0 unspecified atom stereocenters. The SMILES string of the molecule is CCl.CN[C@@H](COC)C(=O)Nc1ccccc1N.CN[C@@H](COC)C(=O)O.Nc1ccc(Cl)cc1N. The normalized spacial score (nSPS) is 11.2. The largest absolute Gasteiger partial charge is 0.480 e. The molecule has 13 heteroatoms. The highest BCUT2D eigenvalue weighted by molar-refractivity contribution is 6.31. The number of carboxylic acid groups (broad SMARTS) is 1. The van der Waals surface area contributed by atoms with Crippen LogP contribution in [-0.4, -0.2) is 77.0 Å². The standard InChI is InChI=1S/C11H17N3O2.C6H7ClN2.C5H11NO3.CH3Cl/c1-13-10(7-16-2)11(15)14-9-6-4-3-5-8(9)12;7-4-1-2-5(8)6(9)3-4;1-6-4(3-9-2)5(7)8;1-2/h3-6,10,13H,7,12H2,1-2H3,(H,14,15);1-3H,8-9H2;4,6H,3H2,1-2H3,(H,7,8);1H3/t10-;;4-;/m0.0./s1. The first-order valence-corrected chi connectivity index (χ1v) is 11.6. The lowest BCUT2D eigenvalue weighted by Crippen LogP contribution is -2.41. The van der Waals surface area contributed by atoms with E-state index in [4.69, 9.17) is 38.6 Å². The van der Waals surface area contributed by atoms with Crippen molar-refractivity contribution >= 4 is 57.8 Å². The van der Waals surface area contributed by atoms with Crippen molar-refractivity contribution in [3.05, 3.63) is 47.5 Å². The number of ether oxygens (including phenoxy) is 2. The second-order valence-corrected chi connectivity index (χ2v) is 7.22. The van der Waals surface area contributed by atoms with Crippen molar-refractivity contribution in [1.82, 2.24) is 10.6 Å². The molecule has 0 heterocycles. The van der Waals surface area contributed by atoms with Crippen molar-refractivity contribution in [2.45, 2.75) is 12.1 Å². The van der Waals surface area contributed by atoms with Crippen LogP contribution in [0, 0.1) is 0 Å². The number of nitrogens with one attached hydrogen (secondary N) is 3. The minimum absolute atomic E-state index is 0.165. The van der Waals surface area contributed by atoms with Gasteiger partial charge in [0.05, 0.1) is 36.0 Å². The van der Waals surface area contributed by atoms with Gasteiger partial charge in [0.15, 0.2) is 0 Å². The number of nitrogen functional groups attached to an aromatic ring is 3. The predicted molar refractivity (Wildman–Crippen MR) is 149 cm³/mol. The van der Waals surface area contributed by atoms with E-state index in [1.807, 2.05) is 12.1 Å². The lowest BCUT2D eigenvalue weighted by Gasteiger charge is -2.15. The molecule has 10 N–H and O–H groups in total. The zero-order chi connectivity index (χ0) is 28.1. The highest BCUT2D eigenvalue weighted by Gasteiger charge is 2.16. The van der Waals surface area contributed by atoms with E-state index in [2.05, 4.69) is 32.3 Å². The summed E-state index contributed by atoms with van der Waals surface area (Å²) in [7, 11) is 6.30. The molecule has 0 aliphatic heterocycles. The van der Waals surface area contributed by atoms with E-state index >= 15 is 0 Å². The molecule has 0 saturated heterocycles. The van der Waals surface area contributed by atoms with Crippen LogP contribution in [0.25, 0.3) is 0 Å². The van der Waals surface area contributed by atoms with E-state index in [-0.39, 0.29) is 18.6 Å². The zero-order valence-corrected chi connectivity index (χ0v) is 22.7. The molecule has 2 rings (SSSR count). The van der Waals surface area contributed by atoms with Crippen LogP contribution in [-0.2, 0) is 19.1 Å². The fourth-order valence-electron chi connectivity index (χ4n) is 2.28. The van der Waals surface area contributed by atoms with Gasteiger partial charge in [-0.2, -0.15) is 0 Å². The molecule has 0 fully saturated rings. The molecule has 11 nitrogen and oxygen atoms in total. The summed E-state index contributed by atoms with van der Waals surface area (Å²) in [6, 6.07) is 11.2. The molecule has 0 bridgehead atoms. The van der Waals surface area contributed by atoms with Crippen molar-refractivity contribution in [3.8, 4) is 0 Å². The van der Waals surface area contributed by atoms with E-state index in [1.54, 1.807) is 51.5 Å². The minimum Gasteiger partial charge on any atom is -0.480 e. The number of para-hydroxylation sites is 2. The van der Waals surface area contributed by atoms with Gasteiger partial charge in [0.2, 0.25) is 5.91 Å². The summed E-state index contributed by atoms with van der Waals surface area (Å²) in [4.78, 5) is 22.0. The lowest BCUT2D eigenvalue weighted by atomic mass is 10.2. The van der Waals surface area contributed by atoms with Crippen LogP contribution in [0.2, 0.25) is 5.02 Å². The number of aliphatic carboxylic acids is 1. The second-order valence-electron chi connectivity index (χ2n) is 6.78. The Kier molecular flexibility index (Phi) is 21.1. The van der Waals surface area contributed by atoms with Crippen LogP contribution in [0.5, 0.6) is 0 Å². The summed E-state index contributed by atoms with van der Waals surface area (Å²) in [5, 5.41) is 17.2. The number of nitrogens with two attached hydrogens (primary N) is 3. The molecule has 2 atom stereocenters. The second kappa shape index (κ2) is 21.5. The number of alkyl halides is 1. The maximum Gasteiger partial charge on any atom is 0.323 e. The summed E-state index contributed by atoms with van der Waals surface area (Å²) in [5.74, 6) is -1.05. The number of methoxy groups -OCH3 is 2. The highest BCUT2D eigenvalue weighted by Crippen LogP contribution is 2.19. The first-order valence-electron chi connectivity index (χ1n) is 10.5. The summed E-state index contributed by atoms with van der Waals surface area (Å²) < 4.78 is 9.54. The fourth-order valence-corrected chi connectivity index (χ4v) is 2.46. The van der Waals surface area contributed by atoms with Crippen LogP contribution in [0.3, 0.4) is 0 Å². The van der Waals surface area contributed by atoms with E-state index in [0.29, 0.717) is 34.4 Å². The Bertz CT molecular complexity index is 892. The van der Waals surface area contributed by atoms with Crippen LogP contribution < -0.4 is 33.2 Å². The van der Waals surface area contributed by atoms with Gasteiger partial charge < -0.3 is 47.7 Å². The summed E-state index contributed by atoms with van der Waals surface area (Å²) >= 11 is 10.2. The molecule has 0 spiro atoms. The van der Waals surface area contributed by atoms with Gasteiger partial charge >= 0.3 is 5.97 Å². The maximum absolute atomic E-state index is 11.8. The molecule has 2 aromatic carbocycles. The molecule has 0 aromatic heterocycles. The number of carbonyl (C=O) groups is 2. The van der Waals surface area contributed by atoms with Gasteiger partial charge in [0.1, 0.15) is 12.1 Å². The molecule has 2 aromatic rings. The first-order chi connectivity index (χ1) is 17.1. The molecule has 1 amide bonds. The van der Waals surface area contributed by atoms with E-state index in [0.717, 1.165) is 0 Å². The number of carbonyl (C=O) groups excluding carboxylic acids is 1. The first kappa shape index (κ1) is 35.4. The molecule has 0 aliphatic carbocycles. The Morgan fingerprint density at radius 2 is 1.42 bits per heavy atom. The van der Waals surface area contributed by atoms with E-state index < -0.39 is 12.0 Å². The summed E-state index contributed by atoms with van der Waals surface area (Å²) in [5.41, 5.74) is 18.8. The Balaban J connectivity index is 0. The Labute approximate surface area is 222 Å². The van der Waals surface area contributed by atoms with Crippen LogP contribution in [0.1, 0.15) is 0 Å². The Morgan fingerprint density at radius 3 is 1.81 bits per heavy atom. The highest BCUT2D eigenvalue weighted by atomic mass is 35.5. The third-order valence-corrected chi connectivity index (χ3v) is 4.48. The van der Waals surface area contributed by atoms with Gasteiger partial charge in [0.25, 0.3) is 0 Å². The number of rotatable bonds is 9. The number of hydrogen-bond acceptors (Lipinski definition) is 9. The quantitative estimate of drug-likeness (QED) is 0.180. The average molecular weight is 550 g/mol. The summed E-state index contributed by atoms with van der Waals surface area (Å²) in [6.07, 6.45) is 1.47. The van der Waals surface area contributed by atoms with E-state index in [9.17, 15) is 9.59 Å². The zero-order valence-electron chi connectivity index (χ0n) is 21.2. The van der Waals surface area contributed by atoms with Gasteiger partial charge in [0, 0.05) is 25.6 Å². The Hall–Kier alpha value is -2.80. The lowest BCUT2D eigenvalue weighted by molar-refractivity contribution is -0.140. The van der Waals surface area contributed by atoms with Crippen LogP contribution in [0.4, 0.5) is 22.7 Å². The van der Waals surface area contributed by atoms with Crippen LogP contribution >= 0.6 is 23.2 Å². The average Bonchev–Trinajstić information content (AvgIpc) is 2.86. The smallest absolute Gasteiger partial charge is 0.323 e. The number of amides is 1. The van der Waals surface area contributed by atoms with E-state index in [1.165, 1.54) is 13.5 Å².